The van der Waals surface area contributed by atoms with Crippen molar-refractivity contribution in [2.24, 2.45) is 5.92 Å². The Bertz CT molecular complexity index is 715. The lowest BCUT2D eigenvalue weighted by Gasteiger charge is -2.17. The molecule has 0 bridgehead atoms. The van der Waals surface area contributed by atoms with Gasteiger partial charge in [0.15, 0.2) is 0 Å². The average molecular weight is 324 g/mol. The van der Waals surface area contributed by atoms with E-state index >= 15 is 0 Å². The van der Waals surface area contributed by atoms with Crippen molar-refractivity contribution in [1.29, 1.82) is 0 Å². The second-order valence-corrected chi connectivity index (χ2v) is 6.79. The lowest BCUT2D eigenvalue weighted by Crippen LogP contribution is -2.31. The van der Waals surface area contributed by atoms with Crippen molar-refractivity contribution in [2.45, 2.75) is 32.8 Å². The van der Waals surface area contributed by atoms with Crippen LogP contribution in [0.2, 0.25) is 0 Å². The molecule has 1 aromatic heterocycles. The van der Waals surface area contributed by atoms with Gasteiger partial charge in [-0.15, -0.1) is 0 Å². The number of β-amino-alcohol motifs (C(OH)–C–C–N with tert-alkyl or cyclic N) is 1. The zero-order chi connectivity index (χ0) is 17.1. The first kappa shape index (κ1) is 16.7. The number of nitrogens with zero attached hydrogens (tertiary/aromatic N) is 2. The molecule has 4 nitrogen and oxygen atoms in total. The minimum Gasteiger partial charge on any atom is -0.391 e. The van der Waals surface area contributed by atoms with Crippen molar-refractivity contribution >= 4 is 5.91 Å². The summed E-state index contributed by atoms with van der Waals surface area (Å²) in [5.74, 6) is 0.190. The topological polar surface area (TPSA) is 53.4 Å². The Hall–Kier alpha value is -2.20. The minimum atomic E-state index is -0.458. The summed E-state index contributed by atoms with van der Waals surface area (Å²) in [5, 5.41) is 10.3. The number of aromatic nitrogens is 1. The van der Waals surface area contributed by atoms with E-state index < -0.39 is 6.10 Å². The average Bonchev–Trinajstić information content (AvgIpc) is 2.93. The molecular weight excluding hydrogens is 300 g/mol. The zero-order valence-electron chi connectivity index (χ0n) is 14.3. The molecule has 1 amide bonds. The highest BCUT2D eigenvalue weighted by molar-refractivity contribution is 5.79. The predicted octanol–water partition coefficient (Wildman–Crippen LogP) is 2.30. The largest absolute Gasteiger partial charge is 0.391 e. The molecule has 2 heterocycles. The molecule has 4 heteroatoms. The quantitative estimate of drug-likeness (QED) is 0.939. The Labute approximate surface area is 143 Å². The first-order chi connectivity index (χ1) is 11.5. The summed E-state index contributed by atoms with van der Waals surface area (Å²) in [6, 6.07) is 10.1. The van der Waals surface area contributed by atoms with Gasteiger partial charge in [-0.25, -0.2) is 0 Å². The lowest BCUT2D eigenvalue weighted by atomic mass is 9.97. The molecule has 2 aromatic rings. The van der Waals surface area contributed by atoms with Crippen LogP contribution in [0.15, 0.2) is 42.7 Å². The molecule has 3 rings (SSSR count). The van der Waals surface area contributed by atoms with E-state index in [9.17, 15) is 9.90 Å². The van der Waals surface area contributed by atoms with E-state index in [0.717, 1.165) is 23.1 Å². The zero-order valence-corrected chi connectivity index (χ0v) is 14.3. The number of rotatable bonds is 4. The Morgan fingerprint density at radius 1 is 1.21 bits per heavy atom. The van der Waals surface area contributed by atoms with Crippen molar-refractivity contribution < 1.29 is 9.90 Å². The molecule has 0 radical (unpaired) electrons. The molecule has 1 aliphatic rings. The Morgan fingerprint density at radius 3 is 2.71 bits per heavy atom. The fraction of sp³-hybridized carbons (Fsp3) is 0.400. The van der Waals surface area contributed by atoms with Crippen molar-refractivity contribution in [3.05, 3.63) is 65.0 Å². The van der Waals surface area contributed by atoms with Crippen LogP contribution in [0.5, 0.6) is 0 Å². The molecule has 1 aromatic carbocycles. The van der Waals surface area contributed by atoms with Crippen LogP contribution in [0.1, 0.15) is 22.3 Å². The van der Waals surface area contributed by atoms with E-state index in [1.54, 1.807) is 17.3 Å². The van der Waals surface area contributed by atoms with Crippen molar-refractivity contribution in [2.75, 3.05) is 13.1 Å². The van der Waals surface area contributed by atoms with E-state index in [1.807, 2.05) is 26.0 Å². The monoisotopic (exact) mass is 324 g/mol. The van der Waals surface area contributed by atoms with Crippen LogP contribution in [-0.2, 0) is 17.6 Å². The second kappa shape index (κ2) is 7.14. The number of benzene rings is 1. The van der Waals surface area contributed by atoms with Gasteiger partial charge in [-0.1, -0.05) is 23.8 Å². The number of carbonyl (C=O) groups excluding carboxylic acids is 1. The Kier molecular flexibility index (Phi) is 4.95. The van der Waals surface area contributed by atoms with Gasteiger partial charge in [0.25, 0.3) is 0 Å². The number of amides is 1. The molecule has 1 saturated heterocycles. The summed E-state index contributed by atoms with van der Waals surface area (Å²) >= 11 is 0. The van der Waals surface area contributed by atoms with Crippen LogP contribution >= 0.6 is 0 Å². The fourth-order valence-electron chi connectivity index (χ4n) is 3.35. The van der Waals surface area contributed by atoms with Crippen LogP contribution in [0.25, 0.3) is 0 Å². The molecule has 24 heavy (non-hydrogen) atoms. The number of aryl methyl sites for hydroxylation is 2. The van der Waals surface area contributed by atoms with Crippen LogP contribution in [0.4, 0.5) is 0 Å². The molecule has 0 saturated carbocycles. The summed E-state index contributed by atoms with van der Waals surface area (Å²) in [5.41, 5.74) is 4.53. The summed E-state index contributed by atoms with van der Waals surface area (Å²) in [7, 11) is 0. The van der Waals surface area contributed by atoms with E-state index in [4.69, 9.17) is 0 Å². The number of hydrogen-bond acceptors (Lipinski definition) is 3. The maximum Gasteiger partial charge on any atom is 0.227 e. The Balaban J connectivity index is 1.63. The van der Waals surface area contributed by atoms with Gasteiger partial charge < -0.3 is 10.0 Å². The number of aliphatic hydroxyl groups is 1. The number of aliphatic hydroxyl groups excluding tert-OH is 1. The number of likely N-dealkylation sites (tertiary alicyclic amines) is 1. The van der Waals surface area contributed by atoms with Gasteiger partial charge in [0, 0.05) is 31.4 Å². The second-order valence-electron chi connectivity index (χ2n) is 6.79. The first-order valence-corrected chi connectivity index (χ1v) is 8.44. The molecule has 2 atom stereocenters. The number of pyridine rings is 1. The SMILES string of the molecule is Cc1ccc(C)c(CC(=O)N2C[C@@H](Cc3ccncc3)[C@H](O)C2)c1. The van der Waals surface area contributed by atoms with Gasteiger partial charge in [-0.2, -0.15) is 0 Å². The van der Waals surface area contributed by atoms with Crippen molar-refractivity contribution in [3.63, 3.8) is 0 Å². The summed E-state index contributed by atoms with van der Waals surface area (Å²) in [4.78, 5) is 18.4. The van der Waals surface area contributed by atoms with E-state index in [0.29, 0.717) is 19.5 Å². The van der Waals surface area contributed by atoms with Gasteiger partial charge in [0.2, 0.25) is 5.91 Å². The molecule has 126 valence electrons. The van der Waals surface area contributed by atoms with Crippen LogP contribution < -0.4 is 0 Å². The predicted molar refractivity (Wildman–Crippen MR) is 93.6 cm³/mol. The van der Waals surface area contributed by atoms with Gasteiger partial charge in [0.05, 0.1) is 12.5 Å². The summed E-state index contributed by atoms with van der Waals surface area (Å²) < 4.78 is 0. The normalized spacial score (nSPS) is 20.4. The van der Waals surface area contributed by atoms with Crippen LogP contribution in [-0.4, -0.2) is 40.1 Å². The molecule has 1 N–H and O–H groups in total. The molecular formula is C20H24N2O2. The first-order valence-electron chi connectivity index (χ1n) is 8.44. The maximum absolute atomic E-state index is 12.6. The summed E-state index contributed by atoms with van der Waals surface area (Å²) in [6.07, 6.45) is 4.25. The van der Waals surface area contributed by atoms with Gasteiger partial charge >= 0.3 is 0 Å². The van der Waals surface area contributed by atoms with Gasteiger partial charge in [-0.3, -0.25) is 9.78 Å². The molecule has 1 aliphatic heterocycles. The lowest BCUT2D eigenvalue weighted by molar-refractivity contribution is -0.129. The third-order valence-corrected chi connectivity index (χ3v) is 4.85. The van der Waals surface area contributed by atoms with E-state index in [1.165, 1.54) is 5.56 Å². The molecule has 1 fully saturated rings. The highest BCUT2D eigenvalue weighted by atomic mass is 16.3. The van der Waals surface area contributed by atoms with Gasteiger partial charge in [-0.05, 0) is 49.1 Å². The third-order valence-electron chi connectivity index (χ3n) is 4.85. The number of hydrogen-bond donors (Lipinski definition) is 1. The minimum absolute atomic E-state index is 0.0926. The van der Waals surface area contributed by atoms with E-state index in [2.05, 4.69) is 23.2 Å². The molecule has 0 unspecified atom stereocenters. The maximum atomic E-state index is 12.6. The van der Waals surface area contributed by atoms with E-state index in [-0.39, 0.29) is 11.8 Å². The smallest absolute Gasteiger partial charge is 0.227 e. The van der Waals surface area contributed by atoms with Crippen molar-refractivity contribution in [1.82, 2.24) is 9.88 Å². The fourth-order valence-corrected chi connectivity index (χ4v) is 3.35. The van der Waals surface area contributed by atoms with Crippen LogP contribution in [0, 0.1) is 19.8 Å². The van der Waals surface area contributed by atoms with Crippen molar-refractivity contribution in [3.8, 4) is 0 Å². The molecule has 0 spiro atoms. The standard InChI is InChI=1S/C20H24N2O2/c1-14-3-4-15(2)17(9-14)11-20(24)22-12-18(19(23)13-22)10-16-5-7-21-8-6-16/h3-9,18-19,23H,10-13H2,1-2H3/t18-,19-/m1/s1. The highest BCUT2D eigenvalue weighted by Gasteiger charge is 2.33. The Morgan fingerprint density at radius 2 is 1.96 bits per heavy atom. The van der Waals surface area contributed by atoms with Crippen LogP contribution in [0.3, 0.4) is 0 Å². The third kappa shape index (κ3) is 3.82. The number of carbonyl (C=O) groups is 1. The van der Waals surface area contributed by atoms with Gasteiger partial charge in [0.1, 0.15) is 0 Å². The highest BCUT2D eigenvalue weighted by Crippen LogP contribution is 2.23. The summed E-state index contributed by atoms with van der Waals surface area (Å²) in [6.45, 7) is 5.12. The molecule has 0 aliphatic carbocycles.